The third-order valence-corrected chi connectivity index (χ3v) is 3.47. The molecule has 23 heavy (non-hydrogen) atoms. The van der Waals surface area contributed by atoms with Crippen molar-refractivity contribution in [2.45, 2.75) is 20.4 Å². The van der Waals surface area contributed by atoms with Crippen LogP contribution in [-0.4, -0.2) is 21.0 Å². The summed E-state index contributed by atoms with van der Waals surface area (Å²) in [5.41, 5.74) is 3.32. The molecule has 1 aromatic heterocycles. The van der Waals surface area contributed by atoms with Crippen LogP contribution in [-0.2, 0) is 6.54 Å². The number of carbonyl (C=O) groups excluding carboxylic acids is 1. The minimum absolute atomic E-state index is 0.195. The van der Waals surface area contributed by atoms with Crippen molar-refractivity contribution in [3.05, 3.63) is 77.1 Å². The minimum atomic E-state index is -0.503. The first-order valence-corrected chi connectivity index (χ1v) is 7.35. The maximum Gasteiger partial charge on any atom is 0.365 e. The van der Waals surface area contributed by atoms with Crippen molar-refractivity contribution in [1.82, 2.24) is 15.0 Å². The molecule has 0 saturated carbocycles. The molecule has 1 heterocycles. The van der Waals surface area contributed by atoms with Gasteiger partial charge in [-0.1, -0.05) is 53.2 Å². The van der Waals surface area contributed by atoms with E-state index in [1.807, 2.05) is 56.3 Å². The monoisotopic (exact) mass is 307 g/mol. The van der Waals surface area contributed by atoms with E-state index < -0.39 is 5.97 Å². The number of aromatic nitrogens is 3. The van der Waals surface area contributed by atoms with Crippen LogP contribution < -0.4 is 4.74 Å². The molecule has 0 atom stereocenters. The first-order valence-electron chi connectivity index (χ1n) is 7.35. The van der Waals surface area contributed by atoms with Gasteiger partial charge in [0, 0.05) is 0 Å². The Bertz CT molecular complexity index is 825. The Morgan fingerprint density at radius 1 is 1.13 bits per heavy atom. The molecule has 5 heteroatoms. The molecule has 0 spiro atoms. The van der Waals surface area contributed by atoms with E-state index >= 15 is 0 Å². The summed E-state index contributed by atoms with van der Waals surface area (Å²) in [4.78, 5) is 12.2. The molecule has 0 radical (unpaired) electrons. The first kappa shape index (κ1) is 15.0. The zero-order chi connectivity index (χ0) is 16.2. The number of esters is 1. The zero-order valence-electron chi connectivity index (χ0n) is 13.1. The molecule has 116 valence electrons. The number of benzene rings is 2. The van der Waals surface area contributed by atoms with Crippen LogP contribution in [0.5, 0.6) is 5.75 Å². The molecule has 0 unspecified atom stereocenters. The summed E-state index contributed by atoms with van der Waals surface area (Å²) in [5.74, 6) is 0.0366. The van der Waals surface area contributed by atoms with Gasteiger partial charge in [0.15, 0.2) is 5.69 Å². The van der Waals surface area contributed by atoms with Gasteiger partial charge in [0.2, 0.25) is 0 Å². The Morgan fingerprint density at radius 2 is 1.91 bits per heavy atom. The number of ether oxygens (including phenoxy) is 1. The average molecular weight is 307 g/mol. The van der Waals surface area contributed by atoms with Crippen molar-refractivity contribution >= 4 is 5.97 Å². The fourth-order valence-electron chi connectivity index (χ4n) is 2.31. The van der Waals surface area contributed by atoms with Crippen LogP contribution in [0.1, 0.15) is 27.2 Å². The summed E-state index contributed by atoms with van der Waals surface area (Å²) >= 11 is 0. The van der Waals surface area contributed by atoms with Crippen LogP contribution in [0.4, 0.5) is 0 Å². The largest absolute Gasteiger partial charge is 0.421 e. The highest BCUT2D eigenvalue weighted by Crippen LogP contribution is 2.19. The van der Waals surface area contributed by atoms with Crippen LogP contribution in [0.25, 0.3) is 0 Å². The molecule has 0 fully saturated rings. The van der Waals surface area contributed by atoms with Crippen LogP contribution in [0.2, 0.25) is 0 Å². The van der Waals surface area contributed by atoms with Gasteiger partial charge in [-0.3, -0.25) is 0 Å². The predicted molar refractivity (Wildman–Crippen MR) is 86.4 cm³/mol. The molecule has 0 bridgehead atoms. The van der Waals surface area contributed by atoms with E-state index in [0.29, 0.717) is 12.3 Å². The Kier molecular flexibility index (Phi) is 4.19. The molecule has 3 rings (SSSR count). The third-order valence-electron chi connectivity index (χ3n) is 3.47. The van der Waals surface area contributed by atoms with Gasteiger partial charge in [0.05, 0.1) is 12.7 Å². The molecule has 0 amide bonds. The fourth-order valence-corrected chi connectivity index (χ4v) is 2.31. The van der Waals surface area contributed by atoms with Crippen LogP contribution in [0.15, 0.2) is 54.7 Å². The van der Waals surface area contributed by atoms with Crippen molar-refractivity contribution in [2.24, 2.45) is 0 Å². The standard InChI is InChI=1S/C18H17N3O2/c1-13-8-9-17(14(2)10-13)23-18(22)16-12-21(20-19-16)11-15-6-4-3-5-7-15/h3-10,12H,11H2,1-2H3. The Balaban J connectivity index is 1.71. The highest BCUT2D eigenvalue weighted by Gasteiger charge is 2.14. The lowest BCUT2D eigenvalue weighted by atomic mass is 10.1. The number of carbonyl (C=O) groups is 1. The number of nitrogens with zero attached hydrogens (tertiary/aromatic N) is 3. The van der Waals surface area contributed by atoms with Crippen molar-refractivity contribution in [2.75, 3.05) is 0 Å². The summed E-state index contributed by atoms with van der Waals surface area (Å²) in [5, 5.41) is 7.87. The Morgan fingerprint density at radius 3 is 2.65 bits per heavy atom. The SMILES string of the molecule is Cc1ccc(OC(=O)c2cn(Cc3ccccc3)nn2)c(C)c1. The van der Waals surface area contributed by atoms with E-state index in [2.05, 4.69) is 10.3 Å². The summed E-state index contributed by atoms with van der Waals surface area (Å²) in [6, 6.07) is 15.5. The van der Waals surface area contributed by atoms with Gasteiger partial charge in [-0.15, -0.1) is 5.10 Å². The van der Waals surface area contributed by atoms with Crippen LogP contribution in [0, 0.1) is 13.8 Å². The molecule has 5 nitrogen and oxygen atoms in total. The molecule has 0 aliphatic heterocycles. The lowest BCUT2D eigenvalue weighted by Crippen LogP contribution is -2.10. The molecule has 0 saturated heterocycles. The smallest absolute Gasteiger partial charge is 0.365 e. The number of hydrogen-bond donors (Lipinski definition) is 0. The zero-order valence-corrected chi connectivity index (χ0v) is 13.1. The van der Waals surface area contributed by atoms with E-state index in [4.69, 9.17) is 4.74 Å². The second-order valence-corrected chi connectivity index (χ2v) is 5.45. The van der Waals surface area contributed by atoms with Gasteiger partial charge < -0.3 is 4.74 Å². The second kappa shape index (κ2) is 6.44. The van der Waals surface area contributed by atoms with E-state index in [1.165, 1.54) is 0 Å². The van der Waals surface area contributed by atoms with E-state index in [1.54, 1.807) is 16.9 Å². The molecular weight excluding hydrogens is 290 g/mol. The molecule has 0 aliphatic carbocycles. The fraction of sp³-hybridized carbons (Fsp3) is 0.167. The highest BCUT2D eigenvalue weighted by molar-refractivity contribution is 5.88. The maximum atomic E-state index is 12.2. The van der Waals surface area contributed by atoms with Crippen molar-refractivity contribution < 1.29 is 9.53 Å². The molecule has 2 aromatic carbocycles. The summed E-state index contributed by atoms with van der Waals surface area (Å²) in [7, 11) is 0. The van der Waals surface area contributed by atoms with Crippen molar-refractivity contribution in [3.63, 3.8) is 0 Å². The van der Waals surface area contributed by atoms with E-state index in [9.17, 15) is 4.79 Å². The van der Waals surface area contributed by atoms with Crippen LogP contribution >= 0.6 is 0 Å². The van der Waals surface area contributed by atoms with Crippen molar-refractivity contribution in [1.29, 1.82) is 0 Å². The van der Waals surface area contributed by atoms with Gasteiger partial charge in [0.1, 0.15) is 5.75 Å². The number of aryl methyl sites for hydroxylation is 2. The minimum Gasteiger partial charge on any atom is -0.421 e. The second-order valence-electron chi connectivity index (χ2n) is 5.45. The molecule has 0 N–H and O–H groups in total. The van der Waals surface area contributed by atoms with Crippen molar-refractivity contribution in [3.8, 4) is 5.75 Å². The highest BCUT2D eigenvalue weighted by atomic mass is 16.5. The Labute approximate surface area is 134 Å². The molecular formula is C18H17N3O2. The summed E-state index contributed by atoms with van der Waals surface area (Å²) in [6.07, 6.45) is 1.60. The summed E-state index contributed by atoms with van der Waals surface area (Å²) in [6.45, 7) is 4.46. The van der Waals surface area contributed by atoms with Crippen LogP contribution in [0.3, 0.4) is 0 Å². The number of hydrogen-bond acceptors (Lipinski definition) is 4. The van der Waals surface area contributed by atoms with E-state index in [-0.39, 0.29) is 5.69 Å². The average Bonchev–Trinajstić information content (AvgIpc) is 3.00. The topological polar surface area (TPSA) is 57.0 Å². The van der Waals surface area contributed by atoms with Gasteiger partial charge in [-0.05, 0) is 31.0 Å². The van der Waals surface area contributed by atoms with Gasteiger partial charge >= 0.3 is 5.97 Å². The lowest BCUT2D eigenvalue weighted by Gasteiger charge is -2.06. The number of rotatable bonds is 4. The maximum absolute atomic E-state index is 12.2. The molecule has 0 aliphatic rings. The van der Waals surface area contributed by atoms with Gasteiger partial charge in [-0.25, -0.2) is 9.48 Å². The molecule has 3 aromatic rings. The first-order chi connectivity index (χ1) is 11.1. The van der Waals surface area contributed by atoms with Gasteiger partial charge in [0.25, 0.3) is 0 Å². The summed E-state index contributed by atoms with van der Waals surface area (Å²) < 4.78 is 7.01. The third kappa shape index (κ3) is 3.63. The quantitative estimate of drug-likeness (QED) is 0.549. The Hall–Kier alpha value is -2.95. The van der Waals surface area contributed by atoms with E-state index in [0.717, 1.165) is 16.7 Å². The predicted octanol–water partition coefficient (Wildman–Crippen LogP) is 3.16. The van der Waals surface area contributed by atoms with Gasteiger partial charge in [-0.2, -0.15) is 0 Å². The lowest BCUT2D eigenvalue weighted by molar-refractivity contribution is 0.0727. The normalized spacial score (nSPS) is 10.5.